The first-order valence-corrected chi connectivity index (χ1v) is 8.53. The number of sulfone groups is 1. The molecule has 2 aliphatic rings. The molecular weight excluding hydrogens is 348 g/mol. The summed E-state index contributed by atoms with van der Waals surface area (Å²) in [6.07, 6.45) is 0. The number of fused-ring (bicyclic) bond motifs is 2. The molecule has 2 aromatic carbocycles. The Morgan fingerprint density at radius 1 is 0.600 bits per heavy atom. The smallest absolute Gasteiger partial charge is 0.260 e. The predicted octanol–water partition coefficient (Wildman–Crippen LogP) is 0.287. The highest BCUT2D eigenvalue weighted by Crippen LogP contribution is 2.32. The minimum Gasteiger partial charge on any atom is -0.288 e. The van der Waals surface area contributed by atoms with Gasteiger partial charge in [-0.15, -0.1) is 0 Å². The van der Waals surface area contributed by atoms with E-state index in [1.165, 1.54) is 36.4 Å². The minimum absolute atomic E-state index is 0.0563. The number of carbonyl (C=O) groups is 4. The summed E-state index contributed by atoms with van der Waals surface area (Å²) in [5.74, 6) is -3.04. The van der Waals surface area contributed by atoms with Crippen molar-refractivity contribution in [1.82, 2.24) is 10.6 Å². The van der Waals surface area contributed by atoms with Gasteiger partial charge in [0.1, 0.15) is 0 Å². The average molecular weight is 356 g/mol. The van der Waals surface area contributed by atoms with Crippen LogP contribution in [0.3, 0.4) is 0 Å². The van der Waals surface area contributed by atoms with E-state index in [2.05, 4.69) is 0 Å². The van der Waals surface area contributed by atoms with Crippen LogP contribution in [0.4, 0.5) is 0 Å². The number of imide groups is 2. The van der Waals surface area contributed by atoms with E-state index >= 15 is 0 Å². The van der Waals surface area contributed by atoms with E-state index in [4.69, 9.17) is 0 Å². The van der Waals surface area contributed by atoms with E-state index in [1.54, 1.807) is 0 Å². The molecule has 0 aliphatic carbocycles. The molecule has 0 aromatic heterocycles. The Kier molecular flexibility index (Phi) is 2.94. The van der Waals surface area contributed by atoms with E-state index in [9.17, 15) is 27.6 Å². The molecule has 0 fully saturated rings. The van der Waals surface area contributed by atoms with Crippen LogP contribution in [0.5, 0.6) is 0 Å². The van der Waals surface area contributed by atoms with E-state index in [0.29, 0.717) is 0 Å². The zero-order valence-electron chi connectivity index (χ0n) is 12.3. The highest BCUT2D eigenvalue weighted by atomic mass is 32.2. The van der Waals surface area contributed by atoms with Gasteiger partial charge in [0.2, 0.25) is 9.84 Å². The summed E-state index contributed by atoms with van der Waals surface area (Å²) in [5.41, 5.74) is -0.650. The summed E-state index contributed by atoms with van der Waals surface area (Å²) in [6, 6.07) is 7.69. The lowest BCUT2D eigenvalue weighted by Gasteiger charge is -2.10. The molecule has 4 rings (SSSR count). The topological polar surface area (TPSA) is 126 Å². The second-order valence-electron chi connectivity index (χ2n) is 5.43. The van der Waals surface area contributed by atoms with Crippen molar-refractivity contribution in [2.24, 2.45) is 0 Å². The van der Waals surface area contributed by atoms with Crippen molar-refractivity contribution in [1.29, 1.82) is 0 Å². The first-order chi connectivity index (χ1) is 11.8. The van der Waals surface area contributed by atoms with Crippen molar-refractivity contribution >= 4 is 33.5 Å². The molecule has 0 bridgehead atoms. The predicted molar refractivity (Wildman–Crippen MR) is 81.9 cm³/mol. The lowest BCUT2D eigenvalue weighted by atomic mass is 10.1. The van der Waals surface area contributed by atoms with Crippen molar-refractivity contribution in [3.63, 3.8) is 0 Å². The highest BCUT2D eigenvalue weighted by Gasteiger charge is 2.38. The van der Waals surface area contributed by atoms with Crippen LogP contribution in [0, 0.1) is 0 Å². The summed E-state index contributed by atoms with van der Waals surface area (Å²) in [6.45, 7) is 0. The van der Waals surface area contributed by atoms with E-state index < -0.39 is 43.3 Å². The van der Waals surface area contributed by atoms with Crippen molar-refractivity contribution in [3.8, 4) is 0 Å². The molecule has 124 valence electrons. The summed E-state index contributed by atoms with van der Waals surface area (Å²) in [5, 5.41) is 4.08. The number of hydrogen-bond acceptors (Lipinski definition) is 6. The van der Waals surface area contributed by atoms with Crippen LogP contribution in [0.2, 0.25) is 0 Å². The molecule has 0 saturated heterocycles. The average Bonchev–Trinajstić information content (AvgIpc) is 3.04. The Bertz CT molecular complexity index is 1050. The fourth-order valence-electron chi connectivity index (χ4n) is 2.94. The molecule has 8 nitrogen and oxygen atoms in total. The molecule has 2 aliphatic heterocycles. The number of carbonyl (C=O) groups excluding carboxylic acids is 4. The van der Waals surface area contributed by atoms with Crippen LogP contribution in [0.25, 0.3) is 0 Å². The van der Waals surface area contributed by atoms with Crippen LogP contribution in [-0.2, 0) is 9.84 Å². The molecule has 0 unspecified atom stereocenters. The Labute approximate surface area is 140 Å². The van der Waals surface area contributed by atoms with Crippen LogP contribution in [0.15, 0.2) is 46.2 Å². The lowest BCUT2D eigenvalue weighted by Crippen LogP contribution is -2.21. The minimum atomic E-state index is -4.33. The monoisotopic (exact) mass is 356 g/mol. The fraction of sp³-hybridized carbons (Fsp3) is 0. The molecule has 25 heavy (non-hydrogen) atoms. The molecule has 2 aromatic rings. The number of nitrogens with one attached hydrogen (secondary N) is 2. The van der Waals surface area contributed by atoms with Crippen molar-refractivity contribution in [2.45, 2.75) is 9.79 Å². The Morgan fingerprint density at radius 2 is 1.00 bits per heavy atom. The van der Waals surface area contributed by atoms with Crippen LogP contribution < -0.4 is 10.6 Å². The van der Waals surface area contributed by atoms with Gasteiger partial charge in [0.25, 0.3) is 23.6 Å². The molecule has 4 amide bonds. The summed E-state index contributed by atoms with van der Waals surface area (Å²) in [7, 11) is -4.33. The number of benzene rings is 2. The Balaban J connectivity index is 2.02. The van der Waals surface area contributed by atoms with Gasteiger partial charge in [0, 0.05) is 0 Å². The van der Waals surface area contributed by atoms with Crippen LogP contribution in [0.1, 0.15) is 41.4 Å². The third-order valence-electron chi connectivity index (χ3n) is 4.03. The third-order valence-corrected chi connectivity index (χ3v) is 5.87. The zero-order chi connectivity index (χ0) is 17.9. The molecule has 9 heteroatoms. The van der Waals surface area contributed by atoms with Crippen molar-refractivity contribution in [3.05, 3.63) is 58.7 Å². The van der Waals surface area contributed by atoms with Gasteiger partial charge >= 0.3 is 0 Å². The van der Waals surface area contributed by atoms with E-state index in [1.807, 2.05) is 10.6 Å². The normalized spacial score (nSPS) is 15.7. The van der Waals surface area contributed by atoms with Gasteiger partial charge in [0.15, 0.2) is 0 Å². The first-order valence-electron chi connectivity index (χ1n) is 7.05. The van der Waals surface area contributed by atoms with Gasteiger partial charge in [0.05, 0.1) is 32.0 Å². The van der Waals surface area contributed by atoms with Gasteiger partial charge in [-0.1, -0.05) is 12.1 Å². The van der Waals surface area contributed by atoms with Gasteiger partial charge in [-0.2, -0.15) is 0 Å². The van der Waals surface area contributed by atoms with Crippen LogP contribution >= 0.6 is 0 Å². The molecule has 0 atom stereocenters. The molecule has 2 N–H and O–H groups in total. The highest BCUT2D eigenvalue weighted by molar-refractivity contribution is 7.91. The first kappa shape index (κ1) is 15.2. The van der Waals surface area contributed by atoms with Crippen molar-refractivity contribution in [2.75, 3.05) is 0 Å². The zero-order valence-corrected chi connectivity index (χ0v) is 13.1. The molecule has 0 spiro atoms. The number of rotatable bonds is 2. The standard InChI is InChI=1S/C16H8N2O6S/c19-13-7-3-1-5-9(11(7)15(21)17-13)25(23,24)10-6-2-4-8-12(10)16(22)18-14(8)20/h1-6H,(H,17,19,21)(H,18,20,22). The van der Waals surface area contributed by atoms with Gasteiger partial charge in [-0.25, -0.2) is 8.42 Å². The number of amides is 4. The van der Waals surface area contributed by atoms with Gasteiger partial charge in [-0.3, -0.25) is 29.8 Å². The summed E-state index contributed by atoms with van der Waals surface area (Å²) < 4.78 is 26.2. The molecule has 0 saturated carbocycles. The second kappa shape index (κ2) is 4.84. The van der Waals surface area contributed by atoms with Gasteiger partial charge in [-0.05, 0) is 24.3 Å². The Morgan fingerprint density at radius 3 is 1.40 bits per heavy atom. The third kappa shape index (κ3) is 1.96. The molecule has 0 radical (unpaired) electrons. The Hall–Kier alpha value is -3.33. The summed E-state index contributed by atoms with van der Waals surface area (Å²) in [4.78, 5) is 46.7. The lowest BCUT2D eigenvalue weighted by molar-refractivity contribution is 0.0862. The fourth-order valence-corrected chi connectivity index (χ4v) is 4.64. The van der Waals surface area contributed by atoms with Crippen LogP contribution in [-0.4, -0.2) is 32.0 Å². The van der Waals surface area contributed by atoms with Crippen molar-refractivity contribution < 1.29 is 27.6 Å². The quantitative estimate of drug-likeness (QED) is 0.745. The second-order valence-corrected chi connectivity index (χ2v) is 7.31. The largest absolute Gasteiger partial charge is 0.288 e. The maximum atomic E-state index is 13.1. The summed E-state index contributed by atoms with van der Waals surface area (Å²) >= 11 is 0. The van der Waals surface area contributed by atoms with E-state index in [0.717, 1.165) is 0 Å². The molecular formula is C16H8N2O6S. The maximum Gasteiger partial charge on any atom is 0.260 e. The SMILES string of the molecule is O=C1NC(=O)c2c1cccc2S(=O)(=O)c1cccc2c1C(=O)NC2=O. The van der Waals surface area contributed by atoms with Gasteiger partial charge < -0.3 is 0 Å². The molecule has 2 heterocycles. The van der Waals surface area contributed by atoms with E-state index in [-0.39, 0.29) is 22.3 Å². The number of hydrogen-bond donors (Lipinski definition) is 2. The maximum absolute atomic E-state index is 13.1.